The van der Waals surface area contributed by atoms with Gasteiger partial charge in [0.1, 0.15) is 0 Å². The van der Waals surface area contributed by atoms with Gasteiger partial charge in [0.15, 0.2) is 5.41 Å². The Labute approximate surface area is 108 Å². The van der Waals surface area contributed by atoms with Gasteiger partial charge >= 0.3 is 6.18 Å². The van der Waals surface area contributed by atoms with Gasteiger partial charge in [-0.2, -0.15) is 13.2 Å². The normalized spacial score (nSPS) is 23.6. The summed E-state index contributed by atoms with van der Waals surface area (Å²) in [5, 5.41) is 2.63. The molecular weight excluding hydrogens is 261 g/mol. The lowest BCUT2D eigenvalue weighted by Gasteiger charge is -2.33. The van der Waals surface area contributed by atoms with Crippen molar-refractivity contribution < 1.29 is 22.4 Å². The number of furan rings is 1. The molecule has 4 nitrogen and oxygen atoms in total. The number of nitrogens with one attached hydrogen (secondary N) is 1. The van der Waals surface area contributed by atoms with Crippen molar-refractivity contribution in [2.45, 2.75) is 19.1 Å². The van der Waals surface area contributed by atoms with E-state index in [1.807, 2.05) is 0 Å². The van der Waals surface area contributed by atoms with Gasteiger partial charge in [0.25, 0.3) is 0 Å². The number of rotatable bonds is 3. The van der Waals surface area contributed by atoms with E-state index in [2.05, 4.69) is 5.32 Å². The van der Waals surface area contributed by atoms with Gasteiger partial charge in [-0.3, -0.25) is 4.79 Å². The average Bonchev–Trinajstić information content (AvgIpc) is 2.97. The predicted octanol–water partition coefficient (Wildman–Crippen LogP) is 1.78. The summed E-state index contributed by atoms with van der Waals surface area (Å²) < 4.78 is 44.4. The zero-order chi connectivity index (χ0) is 14.1. The second-order valence-corrected chi connectivity index (χ2v) is 4.80. The average molecular weight is 276 g/mol. The van der Waals surface area contributed by atoms with E-state index in [1.54, 1.807) is 6.07 Å². The van der Waals surface area contributed by atoms with Gasteiger partial charge in [-0.1, -0.05) is 0 Å². The number of nitrogens with zero attached hydrogens (tertiary/aromatic N) is 1. The fourth-order valence-electron chi connectivity index (χ4n) is 2.33. The molecule has 1 unspecified atom stereocenters. The van der Waals surface area contributed by atoms with Gasteiger partial charge < -0.3 is 14.6 Å². The molecule has 106 valence electrons. The first-order valence-electron chi connectivity index (χ1n) is 5.91. The molecule has 1 aliphatic rings. The van der Waals surface area contributed by atoms with Crippen LogP contribution in [-0.2, 0) is 11.3 Å². The molecule has 1 N–H and O–H groups in total. The summed E-state index contributed by atoms with van der Waals surface area (Å²) in [7, 11) is 1.38. The van der Waals surface area contributed by atoms with E-state index in [-0.39, 0.29) is 26.1 Å². The Morgan fingerprint density at radius 3 is 2.79 bits per heavy atom. The number of hydrogen-bond donors (Lipinski definition) is 1. The second-order valence-electron chi connectivity index (χ2n) is 4.80. The summed E-state index contributed by atoms with van der Waals surface area (Å²) in [6, 6.07) is 1.62. The Morgan fingerprint density at radius 2 is 2.32 bits per heavy atom. The molecule has 0 spiro atoms. The van der Waals surface area contributed by atoms with Crippen LogP contribution in [0.4, 0.5) is 13.2 Å². The van der Waals surface area contributed by atoms with Crippen LogP contribution < -0.4 is 5.32 Å². The summed E-state index contributed by atoms with van der Waals surface area (Å²) in [6.45, 7) is -0.0526. The van der Waals surface area contributed by atoms with Gasteiger partial charge in [0.2, 0.25) is 5.91 Å². The highest BCUT2D eigenvalue weighted by molar-refractivity contribution is 5.84. The second kappa shape index (κ2) is 4.88. The van der Waals surface area contributed by atoms with E-state index in [0.717, 1.165) is 4.90 Å². The van der Waals surface area contributed by atoms with Crippen molar-refractivity contribution >= 4 is 5.91 Å². The third-order valence-corrected chi connectivity index (χ3v) is 3.45. The maximum atomic E-state index is 13.2. The zero-order valence-corrected chi connectivity index (χ0v) is 10.5. The number of amides is 1. The van der Waals surface area contributed by atoms with Crippen molar-refractivity contribution in [2.24, 2.45) is 5.41 Å². The highest BCUT2D eigenvalue weighted by Crippen LogP contribution is 2.44. The molecule has 1 aromatic rings. The summed E-state index contributed by atoms with van der Waals surface area (Å²) in [4.78, 5) is 13.3. The topological polar surface area (TPSA) is 45.5 Å². The quantitative estimate of drug-likeness (QED) is 0.915. The van der Waals surface area contributed by atoms with Gasteiger partial charge in [-0.05, 0) is 19.0 Å². The highest BCUT2D eigenvalue weighted by atomic mass is 19.4. The molecule has 19 heavy (non-hydrogen) atoms. The van der Waals surface area contributed by atoms with Crippen LogP contribution in [0, 0.1) is 5.41 Å². The summed E-state index contributed by atoms with van der Waals surface area (Å²) in [5.41, 5.74) is -1.63. The Morgan fingerprint density at radius 1 is 1.58 bits per heavy atom. The SMILES string of the molecule is CN(Cc1ccoc1)C(=O)C1(C(F)(F)F)CCNC1. The lowest BCUT2D eigenvalue weighted by Crippen LogP contribution is -2.52. The van der Waals surface area contributed by atoms with Gasteiger partial charge in [-0.25, -0.2) is 0 Å². The number of hydrogen-bond acceptors (Lipinski definition) is 3. The van der Waals surface area contributed by atoms with E-state index < -0.39 is 17.5 Å². The van der Waals surface area contributed by atoms with Crippen molar-refractivity contribution in [3.05, 3.63) is 24.2 Å². The minimum atomic E-state index is -4.54. The van der Waals surface area contributed by atoms with Crippen molar-refractivity contribution in [3.63, 3.8) is 0 Å². The molecule has 1 atom stereocenters. The van der Waals surface area contributed by atoms with Crippen LogP contribution in [0.1, 0.15) is 12.0 Å². The molecule has 1 fully saturated rings. The monoisotopic (exact) mass is 276 g/mol. The third kappa shape index (κ3) is 2.47. The zero-order valence-electron chi connectivity index (χ0n) is 10.5. The van der Waals surface area contributed by atoms with E-state index in [0.29, 0.717) is 5.56 Å². The molecule has 1 aliphatic heterocycles. The lowest BCUT2D eigenvalue weighted by molar-refractivity contribution is -0.221. The fourth-order valence-corrected chi connectivity index (χ4v) is 2.33. The predicted molar refractivity (Wildman–Crippen MR) is 61.2 cm³/mol. The summed E-state index contributed by atoms with van der Waals surface area (Å²) in [5.74, 6) is -0.897. The van der Waals surface area contributed by atoms with Crippen molar-refractivity contribution in [1.82, 2.24) is 10.2 Å². The molecule has 0 aromatic carbocycles. The van der Waals surface area contributed by atoms with Crippen molar-refractivity contribution in [2.75, 3.05) is 20.1 Å². The van der Waals surface area contributed by atoms with Crippen molar-refractivity contribution in [1.29, 1.82) is 0 Å². The fraction of sp³-hybridized carbons (Fsp3) is 0.583. The highest BCUT2D eigenvalue weighted by Gasteiger charge is 2.62. The van der Waals surface area contributed by atoms with Crippen LogP contribution >= 0.6 is 0 Å². The van der Waals surface area contributed by atoms with Crippen LogP contribution in [0.15, 0.2) is 23.0 Å². The first kappa shape index (κ1) is 13.9. The van der Waals surface area contributed by atoms with E-state index >= 15 is 0 Å². The Hall–Kier alpha value is -1.50. The number of carbonyl (C=O) groups excluding carboxylic acids is 1. The minimum Gasteiger partial charge on any atom is -0.472 e. The van der Waals surface area contributed by atoms with Crippen LogP contribution in [0.2, 0.25) is 0 Å². The van der Waals surface area contributed by atoms with E-state index in [1.165, 1.54) is 19.6 Å². The largest absolute Gasteiger partial charge is 0.472 e. The van der Waals surface area contributed by atoms with Gasteiger partial charge in [-0.15, -0.1) is 0 Å². The maximum absolute atomic E-state index is 13.2. The molecule has 1 saturated heterocycles. The summed E-state index contributed by atoms with van der Waals surface area (Å²) >= 11 is 0. The maximum Gasteiger partial charge on any atom is 0.404 e. The van der Waals surface area contributed by atoms with E-state index in [4.69, 9.17) is 4.42 Å². The first-order valence-corrected chi connectivity index (χ1v) is 5.91. The smallest absolute Gasteiger partial charge is 0.404 e. The third-order valence-electron chi connectivity index (χ3n) is 3.45. The molecule has 1 amide bonds. The molecule has 0 saturated carbocycles. The number of halogens is 3. The Bertz CT molecular complexity index is 436. The van der Waals surface area contributed by atoms with Crippen molar-refractivity contribution in [3.8, 4) is 0 Å². The van der Waals surface area contributed by atoms with Crippen LogP contribution in [0.25, 0.3) is 0 Å². The first-order chi connectivity index (χ1) is 8.87. The standard InChI is InChI=1S/C12H15F3N2O2/c1-17(6-9-2-5-19-7-9)10(18)11(12(13,14)15)3-4-16-8-11/h2,5,7,16H,3-4,6,8H2,1H3. The van der Waals surface area contributed by atoms with Crippen LogP contribution in [0.5, 0.6) is 0 Å². The molecular formula is C12H15F3N2O2. The molecule has 0 bridgehead atoms. The van der Waals surface area contributed by atoms with Gasteiger partial charge in [0, 0.05) is 25.7 Å². The lowest BCUT2D eigenvalue weighted by atomic mass is 9.84. The van der Waals surface area contributed by atoms with Crippen LogP contribution in [0.3, 0.4) is 0 Å². The van der Waals surface area contributed by atoms with Crippen LogP contribution in [-0.4, -0.2) is 37.1 Å². The molecule has 0 radical (unpaired) electrons. The Balaban J connectivity index is 2.16. The number of carbonyl (C=O) groups is 1. The molecule has 7 heteroatoms. The molecule has 2 rings (SSSR count). The number of alkyl halides is 3. The van der Waals surface area contributed by atoms with E-state index in [9.17, 15) is 18.0 Å². The molecule has 1 aromatic heterocycles. The summed E-state index contributed by atoms with van der Waals surface area (Å²) in [6.07, 6.45) is -1.93. The molecule has 2 heterocycles. The minimum absolute atomic E-state index is 0.104. The Kier molecular flexibility index (Phi) is 3.58. The van der Waals surface area contributed by atoms with Gasteiger partial charge in [0.05, 0.1) is 12.5 Å². The molecule has 0 aliphatic carbocycles.